The minimum atomic E-state index is -4.67. The first kappa shape index (κ1) is 22.5. The van der Waals surface area contributed by atoms with E-state index in [2.05, 4.69) is 0 Å². The van der Waals surface area contributed by atoms with Crippen molar-refractivity contribution < 1.29 is 37.0 Å². The van der Waals surface area contributed by atoms with Crippen LogP contribution < -0.4 is 0 Å². The molecular weight excluding hydrogens is 349 g/mol. The largest absolute Gasteiger partial charge is 0 e. The van der Waals surface area contributed by atoms with E-state index in [4.69, 9.17) is 17.5 Å². The minimum absolute atomic E-state index is 0. The van der Waals surface area contributed by atoms with Crippen molar-refractivity contribution in [2.24, 2.45) is 0 Å². The Kier molecular flexibility index (Phi) is 25.1. The molecule has 8 heteroatoms. The van der Waals surface area contributed by atoms with Crippen LogP contribution in [-0.2, 0) is 29.9 Å². The van der Waals surface area contributed by atoms with Crippen LogP contribution in [0.2, 0.25) is 0 Å². The predicted molar refractivity (Wildman–Crippen MR) is 35.5 cm³/mol. The van der Waals surface area contributed by atoms with Gasteiger partial charge >= 0.3 is 53.8 Å². The molecule has 8 heavy (non-hydrogen) atoms. The first-order valence-corrected chi connectivity index (χ1v) is 2.10. The average Bonchev–Trinajstić information content (AvgIpc) is 0.722. The van der Waals surface area contributed by atoms with E-state index in [-0.39, 0.29) is 62.9 Å². The van der Waals surface area contributed by atoms with Gasteiger partial charge in [0.2, 0.25) is 0 Å². The fourth-order valence-electron chi connectivity index (χ4n) is 0. The molecule has 2 N–H and O–H groups in total. The second kappa shape index (κ2) is 8.91. The molecule has 0 spiro atoms. The summed E-state index contributed by atoms with van der Waals surface area (Å²) >= 11 is 0. The molecule has 0 aliphatic rings. The Morgan fingerprint density at radius 2 is 1.12 bits per heavy atom. The maximum absolute atomic E-state index is 8.74. The van der Waals surface area contributed by atoms with Crippen molar-refractivity contribution >= 4 is 53.8 Å². The molecule has 0 heterocycles. The van der Waals surface area contributed by atoms with Gasteiger partial charge in [-0.2, -0.15) is 8.42 Å². The van der Waals surface area contributed by atoms with Gasteiger partial charge in [-0.15, -0.1) is 0 Å². The van der Waals surface area contributed by atoms with Crippen molar-refractivity contribution in [2.75, 3.05) is 0 Å². The summed E-state index contributed by atoms with van der Waals surface area (Å²) in [5.74, 6) is 0. The summed E-state index contributed by atoms with van der Waals surface area (Å²) in [6.07, 6.45) is 0. The summed E-state index contributed by atoms with van der Waals surface area (Å²) < 4.78 is 31.6. The molecule has 0 aliphatic carbocycles. The topological polar surface area (TPSA) is 74.6 Å². The number of hydrogen-bond donors (Lipinski definition) is 2. The van der Waals surface area contributed by atoms with Crippen molar-refractivity contribution in [1.29, 1.82) is 0 Å². The van der Waals surface area contributed by atoms with Gasteiger partial charge in [0.15, 0.2) is 0 Å². The molecule has 0 aromatic heterocycles. The Labute approximate surface area is 89.9 Å². The van der Waals surface area contributed by atoms with E-state index in [0.29, 0.717) is 0 Å². The fourth-order valence-corrected chi connectivity index (χ4v) is 0. The monoisotopic (exact) mass is 358 g/mol. The molecule has 0 atom stereocenters. The second-order valence-electron chi connectivity index (χ2n) is 0.448. The maximum Gasteiger partial charge on any atom is 0 e. The molecule has 0 aromatic rings. The molecule has 0 aromatic carbocycles. The van der Waals surface area contributed by atoms with Crippen molar-refractivity contribution in [1.82, 2.24) is 0 Å². The van der Waals surface area contributed by atoms with Gasteiger partial charge in [0.25, 0.3) is 0 Å². The van der Waals surface area contributed by atoms with Crippen molar-refractivity contribution in [3.63, 3.8) is 0 Å². The fraction of sp³-hybridized carbons (Fsp3) is 0. The summed E-state index contributed by atoms with van der Waals surface area (Å²) in [4.78, 5) is 0. The Morgan fingerprint density at radius 3 is 1.12 bits per heavy atom. The standard InChI is InChI=1S/GeH4.In.H2O4S.Zn.3H/c;;1-5(2,3)4;;;;/h1H4;;(H2,1,2,3,4);;;;. The van der Waals surface area contributed by atoms with Gasteiger partial charge < -0.3 is 0 Å². The minimum Gasteiger partial charge on any atom is 0 e. The maximum atomic E-state index is 8.74. The van der Waals surface area contributed by atoms with Gasteiger partial charge in [-0.1, -0.05) is 0 Å². The van der Waals surface area contributed by atoms with Crippen LogP contribution in [0.1, 0.15) is 0 Å². The van der Waals surface area contributed by atoms with Crippen LogP contribution in [0.15, 0.2) is 0 Å². The molecular formula is H9GeInO4SZn. The van der Waals surface area contributed by atoms with Gasteiger partial charge in [0.1, 0.15) is 0 Å². The Morgan fingerprint density at radius 1 is 1.12 bits per heavy atom. The molecule has 48 valence electrons. The third-order valence-corrected chi connectivity index (χ3v) is 0. The van der Waals surface area contributed by atoms with E-state index in [1.807, 2.05) is 0 Å². The summed E-state index contributed by atoms with van der Waals surface area (Å²) in [5, 5.41) is 0. The zero-order valence-electron chi connectivity index (χ0n) is 2.83. The van der Waals surface area contributed by atoms with Gasteiger partial charge in [-0.3, -0.25) is 9.11 Å². The summed E-state index contributed by atoms with van der Waals surface area (Å²) in [6, 6.07) is 0. The van der Waals surface area contributed by atoms with E-state index in [0.717, 1.165) is 0 Å². The molecule has 0 rings (SSSR count). The van der Waals surface area contributed by atoms with Gasteiger partial charge in [0, 0.05) is 19.5 Å². The van der Waals surface area contributed by atoms with E-state index in [9.17, 15) is 0 Å². The first-order chi connectivity index (χ1) is 2.00. The van der Waals surface area contributed by atoms with E-state index >= 15 is 0 Å². The van der Waals surface area contributed by atoms with Crippen LogP contribution in [0, 0.1) is 0 Å². The second-order valence-corrected chi connectivity index (χ2v) is 1.34. The van der Waals surface area contributed by atoms with E-state index in [1.54, 1.807) is 0 Å². The molecule has 4 nitrogen and oxygen atoms in total. The quantitative estimate of drug-likeness (QED) is 0.352. The molecule has 0 saturated heterocycles. The van der Waals surface area contributed by atoms with E-state index in [1.165, 1.54) is 0 Å². The predicted octanol–water partition coefficient (Wildman–Crippen LogP) is -3.29. The first-order valence-electron chi connectivity index (χ1n) is 0.698. The van der Waals surface area contributed by atoms with Crippen LogP contribution in [0.25, 0.3) is 0 Å². The average molecular weight is 358 g/mol. The molecule has 0 amide bonds. The molecule has 0 unspecified atom stereocenters. The van der Waals surface area contributed by atoms with Crippen molar-refractivity contribution in [3.05, 3.63) is 0 Å². The third-order valence-electron chi connectivity index (χ3n) is 0. The number of rotatable bonds is 0. The zero-order valence-corrected chi connectivity index (χ0v) is 6.61. The third kappa shape index (κ3) is 104. The van der Waals surface area contributed by atoms with Crippen LogP contribution in [0.5, 0.6) is 0 Å². The molecule has 0 saturated carbocycles. The van der Waals surface area contributed by atoms with E-state index < -0.39 is 10.4 Å². The van der Waals surface area contributed by atoms with Crippen molar-refractivity contribution in [2.45, 2.75) is 0 Å². The Balaban J connectivity index is -0.0000000267. The summed E-state index contributed by atoms with van der Waals surface area (Å²) in [7, 11) is -4.67. The zero-order chi connectivity index (χ0) is 4.50. The van der Waals surface area contributed by atoms with Crippen LogP contribution in [-0.4, -0.2) is 61.0 Å². The molecule has 0 radical (unpaired) electrons. The molecule has 0 bridgehead atoms. The normalized spacial score (nSPS) is 7.25. The molecule has 0 fully saturated rings. The Hall–Kier alpha value is 1.91. The van der Waals surface area contributed by atoms with Gasteiger partial charge in [-0.05, 0) is 0 Å². The van der Waals surface area contributed by atoms with Crippen molar-refractivity contribution in [3.8, 4) is 0 Å². The van der Waals surface area contributed by atoms with Gasteiger partial charge in [-0.25, -0.2) is 0 Å². The summed E-state index contributed by atoms with van der Waals surface area (Å²) in [6.45, 7) is 0. The number of hydrogen-bond acceptors (Lipinski definition) is 2. The SMILES string of the molecule is O=S(=O)(O)O.[GeH4].[InH3].[Zn]. The van der Waals surface area contributed by atoms with Crippen LogP contribution in [0.4, 0.5) is 0 Å². The van der Waals surface area contributed by atoms with Crippen LogP contribution in [0.3, 0.4) is 0 Å². The van der Waals surface area contributed by atoms with Gasteiger partial charge in [0.05, 0.1) is 0 Å². The molecule has 0 aliphatic heterocycles. The summed E-state index contributed by atoms with van der Waals surface area (Å²) in [5.41, 5.74) is 0. The smallest absolute Gasteiger partial charge is 0 e. The van der Waals surface area contributed by atoms with Crippen LogP contribution >= 0.6 is 0 Å². The Bertz CT molecular complexity index is 99.2.